The molecular formula is C17H11FN2O. The number of fused-ring (bicyclic) bond motifs is 1. The maximum absolute atomic E-state index is 14.2. The average Bonchev–Trinajstić information content (AvgIpc) is 2.54. The van der Waals surface area contributed by atoms with E-state index in [9.17, 15) is 4.39 Å². The molecule has 1 aromatic heterocycles. The van der Waals surface area contributed by atoms with Gasteiger partial charge in [-0.3, -0.25) is 0 Å². The number of aromatic nitrogens is 1. The summed E-state index contributed by atoms with van der Waals surface area (Å²) in [5, 5.41) is 9.22. The number of methoxy groups -OCH3 is 1. The van der Waals surface area contributed by atoms with Gasteiger partial charge in [-0.25, -0.2) is 9.37 Å². The van der Waals surface area contributed by atoms with Crippen LogP contribution in [0.4, 0.5) is 4.39 Å². The van der Waals surface area contributed by atoms with Gasteiger partial charge < -0.3 is 4.74 Å². The topological polar surface area (TPSA) is 45.9 Å². The van der Waals surface area contributed by atoms with Crippen LogP contribution in [-0.2, 0) is 0 Å². The second kappa shape index (κ2) is 5.22. The molecule has 3 aromatic rings. The van der Waals surface area contributed by atoms with E-state index in [2.05, 4.69) is 11.1 Å². The molecule has 1 heterocycles. The van der Waals surface area contributed by atoms with Gasteiger partial charge in [-0.15, -0.1) is 0 Å². The molecule has 0 aliphatic rings. The minimum atomic E-state index is -0.349. The maximum atomic E-state index is 14.2. The second-order valence-corrected chi connectivity index (χ2v) is 4.56. The summed E-state index contributed by atoms with van der Waals surface area (Å²) < 4.78 is 19.3. The van der Waals surface area contributed by atoms with Crippen LogP contribution in [-0.4, -0.2) is 12.1 Å². The molecule has 4 heteroatoms. The van der Waals surface area contributed by atoms with Gasteiger partial charge in [0.05, 0.1) is 30.0 Å². The summed E-state index contributed by atoms with van der Waals surface area (Å²) in [6.07, 6.45) is 0. The van der Waals surface area contributed by atoms with E-state index >= 15 is 0 Å². The van der Waals surface area contributed by atoms with E-state index in [1.807, 2.05) is 0 Å². The van der Waals surface area contributed by atoms with E-state index < -0.39 is 0 Å². The first kappa shape index (κ1) is 13.1. The summed E-state index contributed by atoms with van der Waals surface area (Å²) >= 11 is 0. The molecule has 0 aliphatic heterocycles. The van der Waals surface area contributed by atoms with E-state index in [0.717, 1.165) is 5.56 Å². The minimum absolute atomic E-state index is 0.349. The van der Waals surface area contributed by atoms with Crippen LogP contribution < -0.4 is 4.74 Å². The lowest BCUT2D eigenvalue weighted by Gasteiger charge is -2.06. The fourth-order valence-corrected chi connectivity index (χ4v) is 2.15. The van der Waals surface area contributed by atoms with Gasteiger partial charge in [-0.2, -0.15) is 5.26 Å². The van der Waals surface area contributed by atoms with Gasteiger partial charge >= 0.3 is 0 Å². The predicted molar refractivity (Wildman–Crippen MR) is 78.4 cm³/mol. The lowest BCUT2D eigenvalue weighted by atomic mass is 10.1. The van der Waals surface area contributed by atoms with E-state index in [4.69, 9.17) is 10.00 Å². The van der Waals surface area contributed by atoms with Crippen LogP contribution in [0.15, 0.2) is 48.5 Å². The Morgan fingerprint density at radius 3 is 2.52 bits per heavy atom. The third kappa shape index (κ3) is 2.41. The Morgan fingerprint density at radius 2 is 1.86 bits per heavy atom. The first-order valence-electron chi connectivity index (χ1n) is 6.36. The van der Waals surface area contributed by atoms with E-state index in [0.29, 0.717) is 27.9 Å². The highest BCUT2D eigenvalue weighted by atomic mass is 19.1. The first-order chi connectivity index (χ1) is 10.2. The number of ether oxygens (including phenoxy) is 1. The van der Waals surface area contributed by atoms with E-state index in [1.165, 1.54) is 13.2 Å². The third-order valence-corrected chi connectivity index (χ3v) is 3.28. The van der Waals surface area contributed by atoms with Crippen LogP contribution >= 0.6 is 0 Å². The highest BCUT2D eigenvalue weighted by Crippen LogP contribution is 2.26. The molecule has 0 aliphatic carbocycles. The Balaban J connectivity index is 2.13. The van der Waals surface area contributed by atoms with Gasteiger partial charge in [0, 0.05) is 17.0 Å². The van der Waals surface area contributed by atoms with Gasteiger partial charge in [0.25, 0.3) is 0 Å². The summed E-state index contributed by atoms with van der Waals surface area (Å²) in [5.74, 6) is 0.243. The van der Waals surface area contributed by atoms with Gasteiger partial charge in [-0.1, -0.05) is 12.1 Å². The van der Waals surface area contributed by atoms with Crippen LogP contribution in [0, 0.1) is 17.1 Å². The van der Waals surface area contributed by atoms with Crippen LogP contribution in [0.3, 0.4) is 0 Å². The largest absolute Gasteiger partial charge is 0.497 e. The zero-order chi connectivity index (χ0) is 14.8. The van der Waals surface area contributed by atoms with Crippen molar-refractivity contribution in [2.75, 3.05) is 7.11 Å². The molecule has 0 bridgehead atoms. The smallest absolute Gasteiger partial charge is 0.134 e. The predicted octanol–water partition coefficient (Wildman–Crippen LogP) is 3.92. The molecule has 0 saturated heterocycles. The molecule has 0 saturated carbocycles. The van der Waals surface area contributed by atoms with Crippen molar-refractivity contribution in [3.63, 3.8) is 0 Å². The number of pyridine rings is 1. The maximum Gasteiger partial charge on any atom is 0.134 e. The van der Waals surface area contributed by atoms with Crippen LogP contribution in [0.25, 0.3) is 22.2 Å². The van der Waals surface area contributed by atoms with Crippen LogP contribution in [0.1, 0.15) is 5.56 Å². The van der Waals surface area contributed by atoms with Crippen molar-refractivity contribution in [3.05, 3.63) is 59.9 Å². The fourth-order valence-electron chi connectivity index (χ4n) is 2.15. The van der Waals surface area contributed by atoms with Crippen LogP contribution in [0.2, 0.25) is 0 Å². The highest BCUT2D eigenvalue weighted by Gasteiger charge is 2.08. The molecule has 21 heavy (non-hydrogen) atoms. The molecule has 102 valence electrons. The Morgan fingerprint density at radius 1 is 1.10 bits per heavy atom. The lowest BCUT2D eigenvalue weighted by molar-refractivity contribution is 0.415. The Hall–Kier alpha value is -2.93. The van der Waals surface area contributed by atoms with Crippen molar-refractivity contribution < 1.29 is 9.13 Å². The SMILES string of the molecule is COc1ccc2nc(-c3ccc(C#N)cc3)cc(F)c2c1. The fraction of sp³-hybridized carbons (Fsp3) is 0.0588. The second-order valence-electron chi connectivity index (χ2n) is 4.56. The van der Waals surface area contributed by atoms with Gasteiger partial charge in [0.15, 0.2) is 0 Å². The molecule has 3 nitrogen and oxygen atoms in total. The summed E-state index contributed by atoms with van der Waals surface area (Å²) in [7, 11) is 1.54. The molecule has 0 unspecified atom stereocenters. The van der Waals surface area contributed by atoms with E-state index in [-0.39, 0.29) is 5.82 Å². The summed E-state index contributed by atoms with van der Waals surface area (Å²) in [4.78, 5) is 4.46. The number of benzene rings is 2. The molecule has 0 amide bonds. The Bertz CT molecular complexity index is 851. The minimum Gasteiger partial charge on any atom is -0.497 e. The normalized spacial score (nSPS) is 10.3. The summed E-state index contributed by atoms with van der Waals surface area (Å²) in [6.45, 7) is 0. The molecular weight excluding hydrogens is 267 g/mol. The zero-order valence-corrected chi connectivity index (χ0v) is 11.3. The van der Waals surface area contributed by atoms with Gasteiger partial charge in [-0.05, 0) is 30.3 Å². The summed E-state index contributed by atoms with van der Waals surface area (Å²) in [6, 6.07) is 15.4. The number of nitriles is 1. The summed E-state index contributed by atoms with van der Waals surface area (Å²) in [5.41, 5.74) is 2.43. The molecule has 3 rings (SSSR count). The number of rotatable bonds is 2. The first-order valence-corrected chi connectivity index (χ1v) is 6.36. The van der Waals surface area contributed by atoms with Gasteiger partial charge in [0.1, 0.15) is 11.6 Å². The van der Waals surface area contributed by atoms with Crippen molar-refractivity contribution in [2.45, 2.75) is 0 Å². The van der Waals surface area contributed by atoms with E-state index in [1.54, 1.807) is 42.5 Å². The van der Waals surface area contributed by atoms with Crippen molar-refractivity contribution in [1.82, 2.24) is 4.98 Å². The Kier molecular flexibility index (Phi) is 3.25. The monoisotopic (exact) mass is 278 g/mol. The average molecular weight is 278 g/mol. The molecule has 0 N–H and O–H groups in total. The number of halogens is 1. The van der Waals surface area contributed by atoms with Crippen molar-refractivity contribution in [3.8, 4) is 23.1 Å². The zero-order valence-electron chi connectivity index (χ0n) is 11.3. The molecule has 0 fully saturated rings. The third-order valence-electron chi connectivity index (χ3n) is 3.28. The Labute approximate surface area is 121 Å². The lowest BCUT2D eigenvalue weighted by Crippen LogP contribution is -1.91. The van der Waals surface area contributed by atoms with Crippen molar-refractivity contribution >= 4 is 10.9 Å². The number of hydrogen-bond donors (Lipinski definition) is 0. The van der Waals surface area contributed by atoms with Crippen LogP contribution in [0.5, 0.6) is 5.75 Å². The standard InChI is InChI=1S/C17H11FN2O/c1-21-13-6-7-16-14(8-13)15(18)9-17(20-16)12-4-2-11(10-19)3-5-12/h2-9H,1H3. The quantitative estimate of drug-likeness (QED) is 0.713. The number of nitrogens with zero attached hydrogens (tertiary/aromatic N) is 2. The van der Waals surface area contributed by atoms with Crippen molar-refractivity contribution in [2.24, 2.45) is 0 Å². The van der Waals surface area contributed by atoms with Gasteiger partial charge in [0.2, 0.25) is 0 Å². The molecule has 0 radical (unpaired) electrons. The number of hydrogen-bond acceptors (Lipinski definition) is 3. The highest BCUT2D eigenvalue weighted by molar-refractivity contribution is 5.83. The molecule has 0 atom stereocenters. The molecule has 2 aromatic carbocycles. The molecule has 0 spiro atoms. The van der Waals surface area contributed by atoms with Crippen molar-refractivity contribution in [1.29, 1.82) is 5.26 Å².